The van der Waals surface area contributed by atoms with Crippen LogP contribution < -0.4 is 5.32 Å². The molecule has 140 valence electrons. The van der Waals surface area contributed by atoms with Crippen LogP contribution in [0.15, 0.2) is 54.7 Å². The molecule has 7 nitrogen and oxygen atoms in total. The normalized spacial score (nSPS) is 10.9. The van der Waals surface area contributed by atoms with E-state index >= 15 is 0 Å². The SMILES string of the molecule is O=C(NCCCc1nn[nH]n1)c1ccc(-c2cnc3cccc(F)c3c2)cc1. The smallest absolute Gasteiger partial charge is 0.251 e. The predicted molar refractivity (Wildman–Crippen MR) is 102 cm³/mol. The lowest BCUT2D eigenvalue weighted by molar-refractivity contribution is 0.0953. The Kier molecular flexibility index (Phi) is 5.01. The molecule has 0 aliphatic rings. The molecule has 0 saturated carbocycles. The molecule has 0 aliphatic carbocycles. The van der Waals surface area contributed by atoms with Gasteiger partial charge in [-0.3, -0.25) is 9.78 Å². The van der Waals surface area contributed by atoms with Gasteiger partial charge in [-0.25, -0.2) is 4.39 Å². The molecule has 8 heteroatoms. The van der Waals surface area contributed by atoms with Gasteiger partial charge in [0.15, 0.2) is 5.82 Å². The molecular formula is C20H17FN6O. The average molecular weight is 376 g/mol. The number of carbonyl (C=O) groups excluding carboxylic acids is 1. The van der Waals surface area contributed by atoms with Gasteiger partial charge >= 0.3 is 0 Å². The Hall–Kier alpha value is -3.68. The average Bonchev–Trinajstić information content (AvgIpc) is 3.25. The van der Waals surface area contributed by atoms with Gasteiger partial charge in [-0.2, -0.15) is 5.21 Å². The number of benzene rings is 2. The van der Waals surface area contributed by atoms with Crippen LogP contribution in [0.2, 0.25) is 0 Å². The van der Waals surface area contributed by atoms with Gasteiger partial charge in [0.05, 0.1) is 5.52 Å². The standard InChI is InChI=1S/C20H17FN6O/c21-17-3-1-4-18-16(17)11-15(12-23-18)13-6-8-14(9-7-13)20(28)22-10-2-5-19-24-26-27-25-19/h1,3-4,6-9,11-12H,2,5,10H2,(H,22,28)(H,24,25,26,27). The number of aryl methyl sites for hydroxylation is 1. The number of halogens is 1. The monoisotopic (exact) mass is 376 g/mol. The van der Waals surface area contributed by atoms with Crippen molar-refractivity contribution < 1.29 is 9.18 Å². The third-order valence-corrected chi connectivity index (χ3v) is 4.40. The van der Waals surface area contributed by atoms with Crippen LogP contribution in [-0.4, -0.2) is 38.1 Å². The Morgan fingerprint density at radius 1 is 1.11 bits per heavy atom. The molecule has 0 fully saturated rings. The van der Waals surface area contributed by atoms with Crippen molar-refractivity contribution in [3.8, 4) is 11.1 Å². The molecule has 2 aromatic heterocycles. The number of pyridine rings is 1. The summed E-state index contributed by atoms with van der Waals surface area (Å²) < 4.78 is 14.0. The molecule has 0 unspecified atom stereocenters. The second-order valence-electron chi connectivity index (χ2n) is 6.30. The molecular weight excluding hydrogens is 359 g/mol. The molecule has 4 rings (SSSR count). The Morgan fingerprint density at radius 2 is 1.96 bits per heavy atom. The Labute approximate surface area is 160 Å². The van der Waals surface area contributed by atoms with E-state index in [0.29, 0.717) is 35.3 Å². The highest BCUT2D eigenvalue weighted by Gasteiger charge is 2.08. The van der Waals surface area contributed by atoms with Crippen LogP contribution in [0.3, 0.4) is 0 Å². The first kappa shape index (κ1) is 17.7. The maximum absolute atomic E-state index is 14.0. The van der Waals surface area contributed by atoms with Gasteiger partial charge in [0.25, 0.3) is 5.91 Å². The third kappa shape index (κ3) is 3.85. The highest BCUT2D eigenvalue weighted by atomic mass is 19.1. The lowest BCUT2D eigenvalue weighted by Gasteiger charge is -2.07. The van der Waals surface area contributed by atoms with Gasteiger partial charge in [-0.05, 0) is 42.3 Å². The fourth-order valence-electron chi connectivity index (χ4n) is 2.92. The number of rotatable bonds is 6. The summed E-state index contributed by atoms with van der Waals surface area (Å²) in [4.78, 5) is 16.6. The molecule has 0 atom stereocenters. The number of tetrazole rings is 1. The van der Waals surface area contributed by atoms with Crippen molar-refractivity contribution in [1.82, 2.24) is 30.9 Å². The fourth-order valence-corrected chi connectivity index (χ4v) is 2.92. The molecule has 0 aliphatic heterocycles. The van der Waals surface area contributed by atoms with Crippen molar-refractivity contribution in [3.63, 3.8) is 0 Å². The number of hydrogen-bond acceptors (Lipinski definition) is 5. The van der Waals surface area contributed by atoms with E-state index in [2.05, 4.69) is 30.9 Å². The third-order valence-electron chi connectivity index (χ3n) is 4.40. The number of nitrogens with one attached hydrogen (secondary N) is 2. The number of amides is 1. The molecule has 0 saturated heterocycles. The number of hydrogen-bond donors (Lipinski definition) is 2. The maximum atomic E-state index is 14.0. The summed E-state index contributed by atoms with van der Waals surface area (Å²) in [6, 6.07) is 13.7. The minimum Gasteiger partial charge on any atom is -0.352 e. The predicted octanol–water partition coefficient (Wildman–Crippen LogP) is 2.92. The first-order chi connectivity index (χ1) is 13.7. The van der Waals surface area contributed by atoms with E-state index in [9.17, 15) is 9.18 Å². The molecule has 2 N–H and O–H groups in total. The van der Waals surface area contributed by atoms with E-state index in [1.807, 2.05) is 12.1 Å². The highest BCUT2D eigenvalue weighted by molar-refractivity contribution is 5.94. The summed E-state index contributed by atoms with van der Waals surface area (Å²) in [7, 11) is 0. The number of nitrogens with zero attached hydrogens (tertiary/aromatic N) is 4. The summed E-state index contributed by atoms with van der Waals surface area (Å²) in [6.07, 6.45) is 3.06. The van der Waals surface area contributed by atoms with Crippen molar-refractivity contribution in [1.29, 1.82) is 0 Å². The zero-order valence-electron chi connectivity index (χ0n) is 14.9. The number of aromatic amines is 1. The van der Waals surface area contributed by atoms with Crippen LogP contribution in [0.25, 0.3) is 22.0 Å². The molecule has 1 amide bonds. The van der Waals surface area contributed by atoms with Crippen molar-refractivity contribution in [3.05, 3.63) is 71.9 Å². The topological polar surface area (TPSA) is 96.5 Å². The van der Waals surface area contributed by atoms with Crippen molar-refractivity contribution in [2.24, 2.45) is 0 Å². The Morgan fingerprint density at radius 3 is 2.75 bits per heavy atom. The maximum Gasteiger partial charge on any atom is 0.251 e. The molecule has 0 radical (unpaired) electrons. The second kappa shape index (κ2) is 7.91. The summed E-state index contributed by atoms with van der Waals surface area (Å²) in [5, 5.41) is 17.0. The number of fused-ring (bicyclic) bond motifs is 1. The zero-order chi connectivity index (χ0) is 19.3. The van der Waals surface area contributed by atoms with Gasteiger partial charge in [-0.15, -0.1) is 10.2 Å². The van der Waals surface area contributed by atoms with Crippen LogP contribution in [0.5, 0.6) is 0 Å². The number of carbonyl (C=O) groups is 1. The minimum absolute atomic E-state index is 0.151. The quantitative estimate of drug-likeness (QED) is 0.505. The van der Waals surface area contributed by atoms with Gasteiger partial charge in [0.1, 0.15) is 5.82 Å². The largest absolute Gasteiger partial charge is 0.352 e. The van der Waals surface area contributed by atoms with E-state index in [0.717, 1.165) is 17.5 Å². The van der Waals surface area contributed by atoms with E-state index in [-0.39, 0.29) is 11.7 Å². The van der Waals surface area contributed by atoms with Gasteiger partial charge in [-0.1, -0.05) is 23.4 Å². The van der Waals surface area contributed by atoms with Crippen LogP contribution >= 0.6 is 0 Å². The second-order valence-corrected chi connectivity index (χ2v) is 6.30. The van der Waals surface area contributed by atoms with E-state index in [4.69, 9.17) is 0 Å². The van der Waals surface area contributed by atoms with Crippen molar-refractivity contribution in [2.45, 2.75) is 12.8 Å². The summed E-state index contributed by atoms with van der Waals surface area (Å²) in [5.41, 5.74) is 2.83. The van der Waals surface area contributed by atoms with Crippen LogP contribution in [0, 0.1) is 5.82 Å². The molecule has 4 aromatic rings. The number of H-pyrrole nitrogens is 1. The van der Waals surface area contributed by atoms with E-state index < -0.39 is 0 Å². The molecule has 2 aromatic carbocycles. The van der Waals surface area contributed by atoms with Crippen LogP contribution in [0.1, 0.15) is 22.6 Å². The number of aromatic nitrogens is 5. The van der Waals surface area contributed by atoms with Crippen molar-refractivity contribution >= 4 is 16.8 Å². The summed E-state index contributed by atoms with van der Waals surface area (Å²) >= 11 is 0. The minimum atomic E-state index is -0.302. The van der Waals surface area contributed by atoms with Crippen LogP contribution in [0.4, 0.5) is 4.39 Å². The molecule has 0 spiro atoms. The van der Waals surface area contributed by atoms with Gasteiger partial charge < -0.3 is 5.32 Å². The molecule has 0 bridgehead atoms. The van der Waals surface area contributed by atoms with Gasteiger partial charge in [0, 0.05) is 35.7 Å². The lowest BCUT2D eigenvalue weighted by atomic mass is 10.0. The highest BCUT2D eigenvalue weighted by Crippen LogP contribution is 2.24. The Balaban J connectivity index is 1.40. The first-order valence-corrected chi connectivity index (χ1v) is 8.86. The first-order valence-electron chi connectivity index (χ1n) is 8.86. The van der Waals surface area contributed by atoms with Gasteiger partial charge in [0.2, 0.25) is 0 Å². The lowest BCUT2D eigenvalue weighted by Crippen LogP contribution is -2.24. The summed E-state index contributed by atoms with van der Waals surface area (Å²) in [5.74, 6) is 0.171. The molecule has 2 heterocycles. The zero-order valence-corrected chi connectivity index (χ0v) is 14.9. The van der Waals surface area contributed by atoms with Crippen LogP contribution in [-0.2, 0) is 6.42 Å². The molecule has 28 heavy (non-hydrogen) atoms. The van der Waals surface area contributed by atoms with Crippen molar-refractivity contribution in [2.75, 3.05) is 6.54 Å². The van der Waals surface area contributed by atoms with E-state index in [1.54, 1.807) is 36.5 Å². The summed E-state index contributed by atoms with van der Waals surface area (Å²) in [6.45, 7) is 0.517. The fraction of sp³-hybridized carbons (Fsp3) is 0.150. The Bertz CT molecular complexity index is 1100. The van der Waals surface area contributed by atoms with E-state index in [1.165, 1.54) is 6.07 Å².